The molecule has 6 nitrogen and oxygen atoms in total. The van der Waals surface area contributed by atoms with Gasteiger partial charge in [-0.15, -0.1) is 0 Å². The molecule has 3 fully saturated rings. The van der Waals surface area contributed by atoms with Crippen LogP contribution in [0, 0.1) is 11.8 Å². The van der Waals surface area contributed by atoms with E-state index in [0.29, 0.717) is 17.5 Å². The van der Waals surface area contributed by atoms with Crippen LogP contribution in [0.15, 0.2) is 46.4 Å². The fourth-order valence-corrected chi connectivity index (χ4v) is 9.02. The molecule has 6 aliphatic rings. The molecule has 4 aliphatic heterocycles. The maximum Gasteiger partial charge on any atom is 0.116 e. The average Bonchev–Trinajstić information content (AvgIpc) is 3.83. The van der Waals surface area contributed by atoms with Gasteiger partial charge in [0.25, 0.3) is 0 Å². The van der Waals surface area contributed by atoms with Crippen LogP contribution < -0.4 is 21.3 Å². The summed E-state index contributed by atoms with van der Waals surface area (Å²) in [5, 5.41) is 14.7. The summed E-state index contributed by atoms with van der Waals surface area (Å²) in [5.74, 6) is 1.48. The zero-order valence-electron chi connectivity index (χ0n) is 24.8. The molecule has 1 spiro atoms. The lowest BCUT2D eigenvalue weighted by atomic mass is 9.76. The quantitative estimate of drug-likeness (QED) is 0.441. The molecule has 6 heteroatoms. The highest BCUT2D eigenvalue weighted by Gasteiger charge is 2.44. The van der Waals surface area contributed by atoms with E-state index in [-0.39, 0.29) is 12.3 Å². The van der Waals surface area contributed by atoms with E-state index in [9.17, 15) is 0 Å². The number of fused-ring (bicyclic) bond motifs is 2. The fraction of sp³-hybridized carbons (Fsp3) is 0.600. The van der Waals surface area contributed by atoms with Crippen LogP contribution in [0.1, 0.15) is 81.0 Å². The SMILES string of the molecule is CC1CNC(C2N=C(c3ccc(-c4ccc(C5=NC(C6CC(C)CN6)NC5)c5c4C4(CCCC4)CC5)cc3)CN2)C1. The van der Waals surface area contributed by atoms with Gasteiger partial charge in [-0.05, 0) is 96.7 Å². The van der Waals surface area contributed by atoms with E-state index >= 15 is 0 Å². The smallest absolute Gasteiger partial charge is 0.116 e. The molecule has 6 atom stereocenters. The molecular weight excluding hydrogens is 504 g/mol. The van der Waals surface area contributed by atoms with Gasteiger partial charge in [-0.3, -0.25) is 20.6 Å². The van der Waals surface area contributed by atoms with Crippen molar-refractivity contribution in [1.82, 2.24) is 21.3 Å². The van der Waals surface area contributed by atoms with Crippen molar-refractivity contribution in [3.8, 4) is 11.1 Å². The standard InChI is InChI=1S/C35H46N6/c1-21-15-28(36-17-21)33-38-19-30(40-33)24-7-5-23(6-8-24)25-9-10-26(27-11-14-35(32(25)27)12-3-4-13-35)31-20-39-34(41-31)29-16-22(2)18-37-29/h5-10,21-22,28-29,33-34,36-39H,3-4,11-20H2,1-2H3. The summed E-state index contributed by atoms with van der Waals surface area (Å²) in [7, 11) is 0. The van der Waals surface area contributed by atoms with Crippen molar-refractivity contribution in [3.05, 3.63) is 58.7 Å². The molecule has 2 aliphatic carbocycles. The van der Waals surface area contributed by atoms with Gasteiger partial charge in [0.1, 0.15) is 12.3 Å². The minimum Gasteiger partial charge on any atom is -0.310 e. The van der Waals surface area contributed by atoms with Gasteiger partial charge in [0, 0.05) is 30.7 Å². The first-order valence-corrected chi connectivity index (χ1v) is 16.4. The van der Waals surface area contributed by atoms with Gasteiger partial charge < -0.3 is 10.6 Å². The lowest BCUT2D eigenvalue weighted by Gasteiger charge is -2.28. The Hall–Kier alpha value is -2.38. The largest absolute Gasteiger partial charge is 0.310 e. The van der Waals surface area contributed by atoms with Gasteiger partial charge in [-0.1, -0.05) is 63.1 Å². The molecule has 2 saturated heterocycles. The molecule has 0 amide bonds. The van der Waals surface area contributed by atoms with E-state index < -0.39 is 0 Å². The van der Waals surface area contributed by atoms with Crippen molar-refractivity contribution in [1.29, 1.82) is 0 Å². The van der Waals surface area contributed by atoms with E-state index in [1.807, 2.05) is 0 Å². The first-order chi connectivity index (χ1) is 20.1. The normalized spacial score (nSPS) is 34.0. The van der Waals surface area contributed by atoms with Crippen molar-refractivity contribution < 1.29 is 0 Å². The first-order valence-electron chi connectivity index (χ1n) is 16.4. The van der Waals surface area contributed by atoms with Crippen LogP contribution >= 0.6 is 0 Å². The number of benzene rings is 2. The van der Waals surface area contributed by atoms with Gasteiger partial charge in [-0.2, -0.15) is 0 Å². The molecule has 1 saturated carbocycles. The number of hydrogen-bond donors (Lipinski definition) is 4. The first kappa shape index (κ1) is 26.3. The molecule has 0 radical (unpaired) electrons. The molecule has 216 valence electrons. The number of nitrogens with one attached hydrogen (secondary N) is 4. The predicted octanol–water partition coefficient (Wildman–Crippen LogP) is 4.54. The fourth-order valence-electron chi connectivity index (χ4n) is 9.02. The number of rotatable bonds is 5. The molecule has 4 N–H and O–H groups in total. The zero-order valence-corrected chi connectivity index (χ0v) is 24.8. The van der Waals surface area contributed by atoms with Gasteiger partial charge in [0.15, 0.2) is 0 Å². The monoisotopic (exact) mass is 550 g/mol. The molecule has 41 heavy (non-hydrogen) atoms. The van der Waals surface area contributed by atoms with E-state index in [0.717, 1.165) is 38.0 Å². The van der Waals surface area contributed by atoms with Crippen molar-refractivity contribution in [2.45, 2.75) is 95.0 Å². The second-order valence-electron chi connectivity index (χ2n) is 14.1. The highest BCUT2D eigenvalue weighted by atomic mass is 15.2. The lowest BCUT2D eigenvalue weighted by molar-refractivity contribution is 0.440. The van der Waals surface area contributed by atoms with E-state index in [1.165, 1.54) is 85.0 Å². The summed E-state index contributed by atoms with van der Waals surface area (Å²) >= 11 is 0. The lowest BCUT2D eigenvalue weighted by Crippen LogP contribution is -2.40. The topological polar surface area (TPSA) is 72.8 Å². The predicted molar refractivity (Wildman–Crippen MR) is 168 cm³/mol. The molecule has 4 heterocycles. The van der Waals surface area contributed by atoms with Crippen molar-refractivity contribution >= 4 is 11.4 Å². The Bertz CT molecular complexity index is 1370. The second-order valence-corrected chi connectivity index (χ2v) is 14.1. The molecule has 6 unspecified atom stereocenters. The van der Waals surface area contributed by atoms with Crippen LogP contribution in [0.25, 0.3) is 11.1 Å². The Labute approximate surface area is 245 Å². The van der Waals surface area contributed by atoms with Crippen molar-refractivity contribution in [2.24, 2.45) is 21.8 Å². The van der Waals surface area contributed by atoms with E-state index in [2.05, 4.69) is 71.5 Å². The van der Waals surface area contributed by atoms with Crippen LogP contribution in [0.4, 0.5) is 0 Å². The maximum atomic E-state index is 5.28. The van der Waals surface area contributed by atoms with Crippen LogP contribution in [-0.2, 0) is 11.8 Å². The molecule has 2 aromatic rings. The Morgan fingerprint density at radius 1 is 0.659 bits per heavy atom. The highest BCUT2D eigenvalue weighted by molar-refractivity contribution is 6.06. The second kappa shape index (κ2) is 10.4. The van der Waals surface area contributed by atoms with Crippen LogP contribution in [-0.4, -0.2) is 62.0 Å². The van der Waals surface area contributed by atoms with Crippen molar-refractivity contribution in [3.63, 3.8) is 0 Å². The highest BCUT2D eigenvalue weighted by Crippen LogP contribution is 2.54. The van der Waals surface area contributed by atoms with Crippen LogP contribution in [0.2, 0.25) is 0 Å². The summed E-state index contributed by atoms with van der Waals surface area (Å²) in [6, 6.07) is 15.1. The number of nitrogens with zero attached hydrogens (tertiary/aromatic N) is 2. The molecule has 8 rings (SSSR count). The third-order valence-corrected chi connectivity index (χ3v) is 11.2. The minimum absolute atomic E-state index is 0.202. The third kappa shape index (κ3) is 4.62. The zero-order chi connectivity index (χ0) is 27.6. The summed E-state index contributed by atoms with van der Waals surface area (Å²) < 4.78 is 0. The van der Waals surface area contributed by atoms with E-state index in [4.69, 9.17) is 9.98 Å². The minimum atomic E-state index is 0.202. The third-order valence-electron chi connectivity index (χ3n) is 11.2. The Morgan fingerprint density at radius 2 is 1.24 bits per heavy atom. The number of hydrogen-bond acceptors (Lipinski definition) is 6. The summed E-state index contributed by atoms with van der Waals surface area (Å²) in [6.45, 7) is 8.63. The Kier molecular flexibility index (Phi) is 6.67. The Balaban J connectivity index is 1.10. The maximum absolute atomic E-state index is 5.28. The molecule has 0 bridgehead atoms. The molecular formula is C35H46N6. The summed E-state index contributed by atoms with van der Waals surface area (Å²) in [4.78, 5) is 10.4. The summed E-state index contributed by atoms with van der Waals surface area (Å²) in [5.41, 5.74) is 11.5. The summed E-state index contributed by atoms with van der Waals surface area (Å²) in [6.07, 6.45) is 10.7. The average molecular weight is 551 g/mol. The Morgan fingerprint density at radius 3 is 1.88 bits per heavy atom. The number of aliphatic imine (C=N–C) groups is 2. The van der Waals surface area contributed by atoms with Gasteiger partial charge in [-0.25, -0.2) is 0 Å². The molecule has 2 aromatic carbocycles. The van der Waals surface area contributed by atoms with Gasteiger partial charge in [0.2, 0.25) is 0 Å². The van der Waals surface area contributed by atoms with Crippen LogP contribution in [0.5, 0.6) is 0 Å². The van der Waals surface area contributed by atoms with E-state index in [1.54, 1.807) is 11.1 Å². The van der Waals surface area contributed by atoms with Gasteiger partial charge >= 0.3 is 0 Å². The van der Waals surface area contributed by atoms with Crippen molar-refractivity contribution in [2.75, 3.05) is 26.2 Å². The molecule has 0 aromatic heterocycles. The van der Waals surface area contributed by atoms with Crippen LogP contribution in [0.3, 0.4) is 0 Å². The van der Waals surface area contributed by atoms with Gasteiger partial charge in [0.05, 0.1) is 11.4 Å².